The first-order valence-electron chi connectivity index (χ1n) is 6.94. The fraction of sp³-hybridized carbons (Fsp3) is 0.600. The molecule has 0 unspecified atom stereocenters. The van der Waals surface area contributed by atoms with Gasteiger partial charge in [-0.3, -0.25) is 0 Å². The van der Waals surface area contributed by atoms with E-state index >= 15 is 0 Å². The van der Waals surface area contributed by atoms with Crippen LogP contribution >= 0.6 is 0 Å². The van der Waals surface area contributed by atoms with Gasteiger partial charge in [0.1, 0.15) is 5.82 Å². The van der Waals surface area contributed by atoms with Crippen molar-refractivity contribution in [1.29, 1.82) is 0 Å². The Morgan fingerprint density at radius 1 is 1.22 bits per heavy atom. The lowest BCUT2D eigenvalue weighted by atomic mass is 10.1. The molecule has 0 aliphatic carbocycles. The van der Waals surface area contributed by atoms with Crippen molar-refractivity contribution in [3.05, 3.63) is 35.1 Å². The zero-order chi connectivity index (χ0) is 12.8. The molecule has 3 heteroatoms. The van der Waals surface area contributed by atoms with Crippen LogP contribution in [0.3, 0.4) is 0 Å². The summed E-state index contributed by atoms with van der Waals surface area (Å²) in [6, 6.07) is 5.28. The van der Waals surface area contributed by atoms with Crippen molar-refractivity contribution in [1.82, 2.24) is 10.2 Å². The SMILES string of the molecule is Cc1ccc(F)c(CNCCN2CCCCC2)c1. The molecule has 1 aliphatic rings. The second-order valence-electron chi connectivity index (χ2n) is 5.17. The van der Waals surface area contributed by atoms with Gasteiger partial charge >= 0.3 is 0 Å². The van der Waals surface area contributed by atoms with Gasteiger partial charge in [-0.05, 0) is 38.9 Å². The number of benzene rings is 1. The van der Waals surface area contributed by atoms with E-state index in [2.05, 4.69) is 10.2 Å². The lowest BCUT2D eigenvalue weighted by molar-refractivity contribution is 0.229. The van der Waals surface area contributed by atoms with Crippen molar-refractivity contribution >= 4 is 0 Å². The van der Waals surface area contributed by atoms with Crippen LogP contribution in [-0.4, -0.2) is 31.1 Å². The second kappa shape index (κ2) is 6.86. The van der Waals surface area contributed by atoms with Gasteiger partial charge in [-0.15, -0.1) is 0 Å². The van der Waals surface area contributed by atoms with Gasteiger partial charge < -0.3 is 10.2 Å². The first-order valence-corrected chi connectivity index (χ1v) is 6.94. The third-order valence-corrected chi connectivity index (χ3v) is 3.57. The highest BCUT2D eigenvalue weighted by atomic mass is 19.1. The Kier molecular flexibility index (Phi) is 5.14. The predicted molar refractivity (Wildman–Crippen MR) is 73.1 cm³/mol. The number of nitrogens with one attached hydrogen (secondary N) is 1. The van der Waals surface area contributed by atoms with E-state index in [0.29, 0.717) is 6.54 Å². The molecule has 2 rings (SSSR count). The van der Waals surface area contributed by atoms with Gasteiger partial charge in [-0.1, -0.05) is 24.1 Å². The van der Waals surface area contributed by atoms with Crippen molar-refractivity contribution in [2.45, 2.75) is 32.7 Å². The monoisotopic (exact) mass is 250 g/mol. The largest absolute Gasteiger partial charge is 0.311 e. The van der Waals surface area contributed by atoms with Crippen LogP contribution in [0, 0.1) is 12.7 Å². The maximum absolute atomic E-state index is 13.5. The molecule has 1 saturated heterocycles. The molecular formula is C15H23FN2. The molecule has 0 saturated carbocycles. The van der Waals surface area contributed by atoms with Crippen LogP contribution in [0.25, 0.3) is 0 Å². The summed E-state index contributed by atoms with van der Waals surface area (Å²) in [5.41, 5.74) is 1.89. The fourth-order valence-electron chi connectivity index (χ4n) is 2.48. The second-order valence-corrected chi connectivity index (χ2v) is 5.17. The third kappa shape index (κ3) is 4.07. The summed E-state index contributed by atoms with van der Waals surface area (Å²) in [5.74, 6) is -0.105. The summed E-state index contributed by atoms with van der Waals surface area (Å²) in [6.45, 7) is 7.08. The lowest BCUT2D eigenvalue weighted by Crippen LogP contribution is -2.35. The summed E-state index contributed by atoms with van der Waals surface area (Å²) < 4.78 is 13.5. The highest BCUT2D eigenvalue weighted by molar-refractivity contribution is 5.23. The van der Waals surface area contributed by atoms with E-state index in [4.69, 9.17) is 0 Å². The van der Waals surface area contributed by atoms with Crippen molar-refractivity contribution in [3.63, 3.8) is 0 Å². The number of hydrogen-bond donors (Lipinski definition) is 1. The van der Waals surface area contributed by atoms with Gasteiger partial charge in [0.15, 0.2) is 0 Å². The molecule has 100 valence electrons. The number of hydrogen-bond acceptors (Lipinski definition) is 2. The maximum atomic E-state index is 13.5. The molecule has 0 spiro atoms. The van der Waals surface area contributed by atoms with E-state index < -0.39 is 0 Å². The quantitative estimate of drug-likeness (QED) is 0.808. The van der Waals surface area contributed by atoms with Gasteiger partial charge in [0, 0.05) is 25.2 Å². The standard InChI is InChI=1S/C15H23FN2/c1-13-5-6-15(16)14(11-13)12-17-7-10-18-8-3-2-4-9-18/h5-6,11,17H,2-4,7-10,12H2,1H3. The van der Waals surface area contributed by atoms with Gasteiger partial charge in [-0.2, -0.15) is 0 Å². The molecule has 1 N–H and O–H groups in total. The average molecular weight is 250 g/mol. The van der Waals surface area contributed by atoms with Crippen molar-refractivity contribution in [2.24, 2.45) is 0 Å². The highest BCUT2D eigenvalue weighted by Crippen LogP contribution is 2.10. The van der Waals surface area contributed by atoms with Crippen LogP contribution in [0.15, 0.2) is 18.2 Å². The normalized spacial score (nSPS) is 17.0. The summed E-state index contributed by atoms with van der Waals surface area (Å²) in [6.07, 6.45) is 4.03. The molecule has 1 aromatic carbocycles. The van der Waals surface area contributed by atoms with E-state index in [0.717, 1.165) is 24.2 Å². The van der Waals surface area contributed by atoms with E-state index in [-0.39, 0.29) is 5.82 Å². The van der Waals surface area contributed by atoms with E-state index in [1.165, 1.54) is 32.4 Å². The van der Waals surface area contributed by atoms with Crippen molar-refractivity contribution < 1.29 is 4.39 Å². The highest BCUT2D eigenvalue weighted by Gasteiger charge is 2.09. The topological polar surface area (TPSA) is 15.3 Å². The predicted octanol–water partition coefficient (Wildman–Crippen LogP) is 2.71. The Hall–Kier alpha value is -0.930. The average Bonchev–Trinajstić information content (AvgIpc) is 2.40. The number of piperidine rings is 1. The minimum absolute atomic E-state index is 0.105. The van der Waals surface area contributed by atoms with Gasteiger partial charge in [0.2, 0.25) is 0 Å². The summed E-state index contributed by atoms with van der Waals surface area (Å²) in [7, 11) is 0. The minimum atomic E-state index is -0.105. The molecular weight excluding hydrogens is 227 g/mol. The van der Waals surface area contributed by atoms with Crippen LogP contribution in [0.4, 0.5) is 4.39 Å². The number of halogens is 1. The Balaban J connectivity index is 1.69. The fourth-order valence-corrected chi connectivity index (χ4v) is 2.48. The Morgan fingerprint density at radius 3 is 2.78 bits per heavy atom. The van der Waals surface area contributed by atoms with Crippen molar-refractivity contribution in [3.8, 4) is 0 Å². The molecule has 1 aromatic rings. The summed E-state index contributed by atoms with van der Waals surface area (Å²) in [4.78, 5) is 2.49. The van der Waals surface area contributed by atoms with Crippen LogP contribution in [0.1, 0.15) is 30.4 Å². The molecule has 1 aliphatic heterocycles. The Morgan fingerprint density at radius 2 is 2.00 bits per heavy atom. The van der Waals surface area contributed by atoms with Crippen LogP contribution in [0.2, 0.25) is 0 Å². The Labute approximate surface area is 109 Å². The number of nitrogens with zero attached hydrogens (tertiary/aromatic N) is 1. The van der Waals surface area contributed by atoms with E-state index in [1.54, 1.807) is 6.07 Å². The molecule has 0 aromatic heterocycles. The molecule has 18 heavy (non-hydrogen) atoms. The molecule has 0 amide bonds. The van der Waals surface area contributed by atoms with Crippen LogP contribution in [0.5, 0.6) is 0 Å². The van der Waals surface area contributed by atoms with Gasteiger partial charge in [0.05, 0.1) is 0 Å². The van der Waals surface area contributed by atoms with Crippen molar-refractivity contribution in [2.75, 3.05) is 26.2 Å². The number of aryl methyl sites for hydroxylation is 1. The number of likely N-dealkylation sites (tertiary alicyclic amines) is 1. The zero-order valence-corrected chi connectivity index (χ0v) is 11.2. The third-order valence-electron chi connectivity index (χ3n) is 3.57. The molecule has 1 heterocycles. The first-order chi connectivity index (χ1) is 8.75. The smallest absolute Gasteiger partial charge is 0.127 e. The zero-order valence-electron chi connectivity index (χ0n) is 11.2. The molecule has 0 atom stereocenters. The van der Waals surface area contributed by atoms with E-state index in [1.807, 2.05) is 19.1 Å². The van der Waals surface area contributed by atoms with Crippen LogP contribution in [-0.2, 0) is 6.54 Å². The molecule has 0 bridgehead atoms. The summed E-state index contributed by atoms with van der Waals surface area (Å²) >= 11 is 0. The van der Waals surface area contributed by atoms with E-state index in [9.17, 15) is 4.39 Å². The first kappa shape index (κ1) is 13.5. The maximum Gasteiger partial charge on any atom is 0.127 e. The number of rotatable bonds is 5. The summed E-state index contributed by atoms with van der Waals surface area (Å²) in [5, 5.41) is 3.34. The molecule has 2 nitrogen and oxygen atoms in total. The lowest BCUT2D eigenvalue weighted by Gasteiger charge is -2.26. The molecule has 1 fully saturated rings. The molecule has 0 radical (unpaired) electrons. The Bertz CT molecular complexity index is 373. The van der Waals surface area contributed by atoms with Crippen LogP contribution < -0.4 is 5.32 Å². The van der Waals surface area contributed by atoms with Gasteiger partial charge in [0.25, 0.3) is 0 Å². The van der Waals surface area contributed by atoms with Gasteiger partial charge in [-0.25, -0.2) is 4.39 Å². The minimum Gasteiger partial charge on any atom is -0.311 e.